The molecule has 0 N–H and O–H groups in total. The largest absolute Gasteiger partial charge is 0.573 e. The molecule has 1 aromatic rings. The van der Waals surface area contributed by atoms with E-state index in [-0.39, 0.29) is 11.1 Å². The maximum atomic E-state index is 11.9. The maximum absolute atomic E-state index is 11.9. The van der Waals surface area contributed by atoms with Crippen LogP contribution in [0.25, 0.3) is 0 Å². The zero-order valence-electron chi connectivity index (χ0n) is 8.47. The third-order valence-electron chi connectivity index (χ3n) is 1.72. The highest BCUT2D eigenvalue weighted by Gasteiger charge is 2.31. The SMILES string of the molecule is C=C(C)C(=O)c1cccc(OC(F)(F)F)c1. The highest BCUT2D eigenvalue weighted by Crippen LogP contribution is 2.23. The van der Waals surface area contributed by atoms with Gasteiger partial charge < -0.3 is 4.74 Å². The molecule has 0 radical (unpaired) electrons. The van der Waals surface area contributed by atoms with E-state index in [0.717, 1.165) is 12.1 Å². The summed E-state index contributed by atoms with van der Waals surface area (Å²) in [5, 5.41) is 0. The van der Waals surface area contributed by atoms with E-state index in [0.29, 0.717) is 0 Å². The molecule has 0 aliphatic heterocycles. The second kappa shape index (κ2) is 4.38. The van der Waals surface area contributed by atoms with Crippen molar-refractivity contribution in [3.8, 4) is 5.75 Å². The summed E-state index contributed by atoms with van der Waals surface area (Å²) in [4.78, 5) is 11.4. The summed E-state index contributed by atoms with van der Waals surface area (Å²) in [5.74, 6) is -0.827. The third-order valence-corrected chi connectivity index (χ3v) is 1.72. The van der Waals surface area contributed by atoms with Gasteiger partial charge in [-0.1, -0.05) is 18.7 Å². The van der Waals surface area contributed by atoms with Crippen LogP contribution in [0, 0.1) is 0 Å². The van der Waals surface area contributed by atoms with Crippen LogP contribution in [-0.2, 0) is 0 Å². The van der Waals surface area contributed by atoms with Crippen molar-refractivity contribution in [1.29, 1.82) is 0 Å². The Balaban J connectivity index is 2.96. The quantitative estimate of drug-likeness (QED) is 0.588. The van der Waals surface area contributed by atoms with Gasteiger partial charge in [0.25, 0.3) is 0 Å². The number of hydrogen-bond acceptors (Lipinski definition) is 2. The average molecular weight is 230 g/mol. The minimum atomic E-state index is -4.76. The first-order valence-corrected chi connectivity index (χ1v) is 4.35. The van der Waals surface area contributed by atoms with Crippen LogP contribution in [0.5, 0.6) is 5.75 Å². The summed E-state index contributed by atoms with van der Waals surface area (Å²) in [6.45, 7) is 4.91. The lowest BCUT2D eigenvalue weighted by Crippen LogP contribution is -2.17. The molecule has 0 fully saturated rings. The van der Waals surface area contributed by atoms with Gasteiger partial charge >= 0.3 is 6.36 Å². The molecule has 0 amide bonds. The fourth-order valence-electron chi connectivity index (χ4n) is 1.08. The van der Waals surface area contributed by atoms with Gasteiger partial charge in [-0.05, 0) is 24.6 Å². The van der Waals surface area contributed by atoms with Crippen molar-refractivity contribution in [1.82, 2.24) is 0 Å². The molecule has 0 aliphatic rings. The minimum absolute atomic E-state index is 0.120. The molecule has 0 heterocycles. The molecule has 1 rings (SSSR count). The van der Waals surface area contributed by atoms with E-state index in [4.69, 9.17) is 0 Å². The first-order chi connectivity index (χ1) is 7.29. The van der Waals surface area contributed by atoms with Gasteiger partial charge in [-0.25, -0.2) is 0 Å². The standard InChI is InChI=1S/C11H9F3O2/c1-7(2)10(15)8-4-3-5-9(6-8)16-11(12,13)14/h3-6H,1H2,2H3. The maximum Gasteiger partial charge on any atom is 0.573 e. The van der Waals surface area contributed by atoms with E-state index in [2.05, 4.69) is 11.3 Å². The van der Waals surface area contributed by atoms with Crippen LogP contribution in [0.4, 0.5) is 13.2 Å². The number of rotatable bonds is 3. The Bertz CT molecular complexity index is 421. The van der Waals surface area contributed by atoms with Gasteiger partial charge in [0.2, 0.25) is 0 Å². The Morgan fingerprint density at radius 2 is 2.00 bits per heavy atom. The molecule has 0 bridgehead atoms. The normalized spacial score (nSPS) is 11.0. The van der Waals surface area contributed by atoms with Gasteiger partial charge in [-0.2, -0.15) is 0 Å². The van der Waals surface area contributed by atoms with Crippen LogP contribution in [0.15, 0.2) is 36.4 Å². The van der Waals surface area contributed by atoms with Gasteiger partial charge in [-0.3, -0.25) is 4.79 Å². The average Bonchev–Trinajstić information content (AvgIpc) is 2.14. The monoisotopic (exact) mass is 230 g/mol. The number of halogens is 3. The number of ketones is 1. The smallest absolute Gasteiger partial charge is 0.406 e. The van der Waals surface area contributed by atoms with E-state index in [1.165, 1.54) is 19.1 Å². The molecule has 1 aromatic carbocycles. The Labute approximate surface area is 90.3 Å². The topological polar surface area (TPSA) is 26.3 Å². The number of ether oxygens (including phenoxy) is 1. The summed E-state index contributed by atoms with van der Waals surface area (Å²) in [6.07, 6.45) is -4.76. The number of Topliss-reactive ketones (excluding diaryl/α,β-unsaturated/α-hetero) is 1. The van der Waals surface area contributed by atoms with E-state index in [1.807, 2.05) is 0 Å². The van der Waals surface area contributed by atoms with Crippen LogP contribution in [0.2, 0.25) is 0 Å². The van der Waals surface area contributed by atoms with E-state index < -0.39 is 17.9 Å². The minimum Gasteiger partial charge on any atom is -0.406 e. The Morgan fingerprint density at radius 3 is 2.50 bits per heavy atom. The van der Waals surface area contributed by atoms with Crippen molar-refractivity contribution < 1.29 is 22.7 Å². The van der Waals surface area contributed by atoms with E-state index in [9.17, 15) is 18.0 Å². The molecule has 86 valence electrons. The van der Waals surface area contributed by atoms with Crippen molar-refractivity contribution in [2.24, 2.45) is 0 Å². The fourth-order valence-corrected chi connectivity index (χ4v) is 1.08. The Kier molecular flexibility index (Phi) is 3.37. The summed E-state index contributed by atoms with van der Waals surface area (Å²) >= 11 is 0. The molecule has 2 nitrogen and oxygen atoms in total. The van der Waals surface area contributed by atoms with Crippen molar-refractivity contribution in [3.05, 3.63) is 42.0 Å². The summed E-state index contributed by atoms with van der Waals surface area (Å²) in [6, 6.07) is 4.88. The number of benzene rings is 1. The second-order valence-electron chi connectivity index (χ2n) is 3.19. The van der Waals surface area contributed by atoms with Crippen molar-refractivity contribution >= 4 is 5.78 Å². The molecular weight excluding hydrogens is 221 g/mol. The lowest BCUT2D eigenvalue weighted by Gasteiger charge is -2.09. The van der Waals surface area contributed by atoms with Crippen molar-refractivity contribution in [2.45, 2.75) is 13.3 Å². The van der Waals surface area contributed by atoms with Gasteiger partial charge in [-0.15, -0.1) is 13.2 Å². The lowest BCUT2D eigenvalue weighted by atomic mass is 10.1. The molecule has 0 atom stereocenters. The van der Waals surface area contributed by atoms with Gasteiger partial charge in [0, 0.05) is 5.56 Å². The molecule has 0 aliphatic carbocycles. The number of alkyl halides is 3. The molecule has 0 unspecified atom stereocenters. The Morgan fingerprint density at radius 1 is 1.38 bits per heavy atom. The van der Waals surface area contributed by atoms with Crippen LogP contribution < -0.4 is 4.74 Å². The highest BCUT2D eigenvalue weighted by molar-refractivity contribution is 6.08. The molecular formula is C11H9F3O2. The van der Waals surface area contributed by atoms with Crippen LogP contribution in [-0.4, -0.2) is 12.1 Å². The molecule has 0 aromatic heterocycles. The number of carbonyl (C=O) groups excluding carboxylic acids is 1. The number of carbonyl (C=O) groups is 1. The first-order valence-electron chi connectivity index (χ1n) is 4.35. The van der Waals surface area contributed by atoms with Crippen LogP contribution in [0.1, 0.15) is 17.3 Å². The highest BCUT2D eigenvalue weighted by atomic mass is 19.4. The fraction of sp³-hybridized carbons (Fsp3) is 0.182. The molecule has 5 heteroatoms. The van der Waals surface area contributed by atoms with Gasteiger partial charge in [0.1, 0.15) is 5.75 Å². The Hall–Kier alpha value is -1.78. The summed E-state index contributed by atoms with van der Waals surface area (Å²) in [5.41, 5.74) is 0.374. The predicted molar refractivity (Wildman–Crippen MR) is 52.3 cm³/mol. The van der Waals surface area contributed by atoms with Crippen molar-refractivity contribution in [3.63, 3.8) is 0 Å². The van der Waals surface area contributed by atoms with Crippen molar-refractivity contribution in [2.75, 3.05) is 0 Å². The first kappa shape index (κ1) is 12.3. The van der Waals surface area contributed by atoms with E-state index >= 15 is 0 Å². The number of allylic oxidation sites excluding steroid dienone is 1. The lowest BCUT2D eigenvalue weighted by molar-refractivity contribution is -0.274. The zero-order chi connectivity index (χ0) is 12.3. The number of hydrogen-bond donors (Lipinski definition) is 0. The van der Waals surface area contributed by atoms with Crippen LogP contribution in [0.3, 0.4) is 0 Å². The molecule has 0 spiro atoms. The molecule has 16 heavy (non-hydrogen) atoms. The third kappa shape index (κ3) is 3.42. The molecule has 0 saturated carbocycles. The summed E-state index contributed by atoms with van der Waals surface area (Å²) in [7, 11) is 0. The second-order valence-corrected chi connectivity index (χ2v) is 3.19. The van der Waals surface area contributed by atoms with Crippen LogP contribution >= 0.6 is 0 Å². The molecule has 0 saturated heterocycles. The predicted octanol–water partition coefficient (Wildman–Crippen LogP) is 3.34. The van der Waals surface area contributed by atoms with Gasteiger partial charge in [0.15, 0.2) is 5.78 Å². The van der Waals surface area contributed by atoms with E-state index in [1.54, 1.807) is 0 Å². The van der Waals surface area contributed by atoms with Gasteiger partial charge in [0.05, 0.1) is 0 Å². The zero-order valence-corrected chi connectivity index (χ0v) is 8.47. The summed E-state index contributed by atoms with van der Waals surface area (Å²) < 4.78 is 39.4.